The number of hydrogen-bond donors (Lipinski definition) is 0. The van der Waals surface area contributed by atoms with Crippen molar-refractivity contribution < 1.29 is 9.21 Å². The van der Waals surface area contributed by atoms with Crippen LogP contribution in [0.2, 0.25) is 5.02 Å². The largest absolute Gasteiger partial charge is 0.472 e. The lowest BCUT2D eigenvalue weighted by Crippen LogP contribution is -1.99. The smallest absolute Gasteiger partial charge is 0.218 e. The van der Waals surface area contributed by atoms with Crippen LogP contribution in [0.25, 0.3) is 5.69 Å². The third-order valence-corrected chi connectivity index (χ3v) is 2.85. The van der Waals surface area contributed by atoms with Gasteiger partial charge in [-0.1, -0.05) is 16.8 Å². The fourth-order valence-electron chi connectivity index (χ4n) is 1.63. The molecular weight excluding hydrogens is 266 g/mol. The lowest BCUT2D eigenvalue weighted by molar-refractivity contribution is 0.103. The maximum Gasteiger partial charge on any atom is 0.218 e. The number of ketones is 1. The monoisotopic (exact) mass is 273 g/mol. The number of furan rings is 1. The molecule has 0 spiro atoms. The van der Waals surface area contributed by atoms with E-state index in [0.29, 0.717) is 10.6 Å². The summed E-state index contributed by atoms with van der Waals surface area (Å²) < 4.78 is 6.39. The standard InChI is InChI=1S/C13H8ClN3O2/c14-10-1-3-11(4-2-10)17-7-12(15-16-17)13(18)9-5-6-19-8-9/h1-8H. The predicted molar refractivity (Wildman–Crippen MR) is 68.5 cm³/mol. The van der Waals surface area contributed by atoms with Crippen LogP contribution in [0.4, 0.5) is 0 Å². The molecule has 2 aromatic heterocycles. The van der Waals surface area contributed by atoms with Crippen molar-refractivity contribution in [2.24, 2.45) is 0 Å². The van der Waals surface area contributed by atoms with E-state index in [1.165, 1.54) is 17.2 Å². The topological polar surface area (TPSA) is 60.9 Å². The van der Waals surface area contributed by atoms with E-state index < -0.39 is 0 Å². The second-order valence-corrected chi connectivity index (χ2v) is 4.30. The summed E-state index contributed by atoms with van der Waals surface area (Å²) in [6, 6.07) is 8.67. The van der Waals surface area contributed by atoms with Crippen molar-refractivity contribution in [3.05, 3.63) is 65.3 Å². The first kappa shape index (κ1) is 11.7. The summed E-state index contributed by atoms with van der Waals surface area (Å²) in [5.41, 5.74) is 1.49. The van der Waals surface area contributed by atoms with Gasteiger partial charge in [-0.15, -0.1) is 5.10 Å². The van der Waals surface area contributed by atoms with Gasteiger partial charge in [-0.05, 0) is 30.3 Å². The highest BCUT2D eigenvalue weighted by molar-refractivity contribution is 6.30. The van der Waals surface area contributed by atoms with Gasteiger partial charge in [0.2, 0.25) is 5.78 Å². The number of carbonyl (C=O) groups is 1. The van der Waals surface area contributed by atoms with Crippen molar-refractivity contribution in [1.29, 1.82) is 0 Å². The van der Waals surface area contributed by atoms with Crippen LogP contribution in [-0.2, 0) is 0 Å². The molecule has 5 nitrogen and oxygen atoms in total. The fourth-order valence-corrected chi connectivity index (χ4v) is 1.76. The summed E-state index contributed by atoms with van der Waals surface area (Å²) >= 11 is 5.81. The number of rotatable bonds is 3. The molecule has 19 heavy (non-hydrogen) atoms. The summed E-state index contributed by atoms with van der Waals surface area (Å²) in [6.45, 7) is 0. The van der Waals surface area contributed by atoms with Crippen molar-refractivity contribution in [1.82, 2.24) is 15.0 Å². The Hall–Kier alpha value is -2.40. The molecule has 2 heterocycles. The molecule has 94 valence electrons. The van der Waals surface area contributed by atoms with Crippen LogP contribution >= 0.6 is 11.6 Å². The van der Waals surface area contributed by atoms with Crippen molar-refractivity contribution in [2.75, 3.05) is 0 Å². The molecule has 3 aromatic rings. The Kier molecular flexibility index (Phi) is 2.89. The quantitative estimate of drug-likeness (QED) is 0.689. The van der Waals surface area contributed by atoms with Gasteiger partial charge in [0, 0.05) is 5.02 Å². The minimum absolute atomic E-state index is 0.228. The Morgan fingerprint density at radius 1 is 1.21 bits per heavy atom. The number of benzene rings is 1. The zero-order valence-corrected chi connectivity index (χ0v) is 10.4. The Labute approximate surface area is 113 Å². The number of carbonyl (C=O) groups excluding carboxylic acids is 1. The van der Waals surface area contributed by atoms with E-state index in [4.69, 9.17) is 16.0 Å². The number of hydrogen-bond acceptors (Lipinski definition) is 4. The van der Waals surface area contributed by atoms with Crippen LogP contribution in [-0.4, -0.2) is 20.8 Å². The highest BCUT2D eigenvalue weighted by atomic mass is 35.5. The molecule has 0 fully saturated rings. The molecule has 0 atom stereocenters. The van der Waals surface area contributed by atoms with Crippen molar-refractivity contribution in [3.8, 4) is 5.69 Å². The minimum atomic E-state index is -0.228. The highest BCUT2D eigenvalue weighted by Gasteiger charge is 2.14. The molecule has 0 saturated heterocycles. The van der Waals surface area contributed by atoms with Crippen LogP contribution in [0, 0.1) is 0 Å². The van der Waals surface area contributed by atoms with Gasteiger partial charge in [0.1, 0.15) is 6.26 Å². The average molecular weight is 274 g/mol. The summed E-state index contributed by atoms with van der Waals surface area (Å²) in [5.74, 6) is -0.228. The molecule has 0 amide bonds. The van der Waals surface area contributed by atoms with Crippen LogP contribution < -0.4 is 0 Å². The first-order chi connectivity index (χ1) is 9.24. The molecule has 6 heteroatoms. The van der Waals surface area contributed by atoms with E-state index in [1.54, 1.807) is 36.5 Å². The lowest BCUT2D eigenvalue weighted by Gasteiger charge is -1.98. The van der Waals surface area contributed by atoms with E-state index in [0.717, 1.165) is 5.69 Å². The molecule has 0 aliphatic heterocycles. The van der Waals surface area contributed by atoms with Gasteiger partial charge in [0.15, 0.2) is 5.69 Å². The summed E-state index contributed by atoms with van der Waals surface area (Å²) in [4.78, 5) is 12.0. The molecule has 3 rings (SSSR count). The molecular formula is C13H8ClN3O2. The third-order valence-electron chi connectivity index (χ3n) is 2.60. The fraction of sp³-hybridized carbons (Fsp3) is 0. The van der Waals surface area contributed by atoms with E-state index in [9.17, 15) is 4.79 Å². The summed E-state index contributed by atoms with van der Waals surface area (Å²) in [7, 11) is 0. The Morgan fingerprint density at radius 3 is 2.68 bits per heavy atom. The SMILES string of the molecule is O=C(c1ccoc1)c1cn(-c2ccc(Cl)cc2)nn1. The van der Waals surface area contributed by atoms with Crippen LogP contribution in [0.3, 0.4) is 0 Å². The number of aromatic nitrogens is 3. The first-order valence-electron chi connectivity index (χ1n) is 5.49. The van der Waals surface area contributed by atoms with Gasteiger partial charge in [0.25, 0.3) is 0 Å². The third kappa shape index (κ3) is 2.28. The van der Waals surface area contributed by atoms with Gasteiger partial charge in [-0.2, -0.15) is 0 Å². The first-order valence-corrected chi connectivity index (χ1v) is 5.87. The van der Waals surface area contributed by atoms with Gasteiger partial charge in [-0.25, -0.2) is 4.68 Å². The molecule has 0 aliphatic rings. The second kappa shape index (κ2) is 4.70. The molecule has 0 unspecified atom stereocenters. The molecule has 0 saturated carbocycles. The van der Waals surface area contributed by atoms with Gasteiger partial charge >= 0.3 is 0 Å². The second-order valence-electron chi connectivity index (χ2n) is 3.87. The zero-order valence-electron chi connectivity index (χ0n) is 9.65. The number of halogens is 1. The minimum Gasteiger partial charge on any atom is -0.472 e. The Morgan fingerprint density at radius 2 is 2.00 bits per heavy atom. The maximum absolute atomic E-state index is 12.0. The number of nitrogens with zero attached hydrogens (tertiary/aromatic N) is 3. The van der Waals surface area contributed by atoms with E-state index in [1.807, 2.05) is 0 Å². The summed E-state index contributed by atoms with van der Waals surface area (Å²) in [5, 5.41) is 8.42. The molecule has 0 N–H and O–H groups in total. The van der Waals surface area contributed by atoms with E-state index >= 15 is 0 Å². The van der Waals surface area contributed by atoms with Crippen molar-refractivity contribution in [3.63, 3.8) is 0 Å². The predicted octanol–water partition coefficient (Wildman–Crippen LogP) is 2.74. The average Bonchev–Trinajstić information content (AvgIpc) is 3.10. The van der Waals surface area contributed by atoms with Crippen molar-refractivity contribution in [2.45, 2.75) is 0 Å². The van der Waals surface area contributed by atoms with Gasteiger partial charge in [-0.3, -0.25) is 4.79 Å². The lowest BCUT2D eigenvalue weighted by atomic mass is 10.2. The molecule has 0 aliphatic carbocycles. The molecule has 0 bridgehead atoms. The van der Waals surface area contributed by atoms with E-state index in [-0.39, 0.29) is 11.5 Å². The van der Waals surface area contributed by atoms with Crippen LogP contribution in [0.15, 0.2) is 53.5 Å². The van der Waals surface area contributed by atoms with Crippen LogP contribution in [0.1, 0.15) is 16.1 Å². The van der Waals surface area contributed by atoms with Gasteiger partial charge < -0.3 is 4.42 Å². The molecule has 1 aromatic carbocycles. The Balaban J connectivity index is 1.91. The van der Waals surface area contributed by atoms with Crippen molar-refractivity contribution >= 4 is 17.4 Å². The normalized spacial score (nSPS) is 10.6. The van der Waals surface area contributed by atoms with Crippen LogP contribution in [0.5, 0.6) is 0 Å². The van der Waals surface area contributed by atoms with Gasteiger partial charge in [0.05, 0.1) is 23.7 Å². The molecule has 0 radical (unpaired) electrons. The maximum atomic E-state index is 12.0. The van der Waals surface area contributed by atoms with E-state index in [2.05, 4.69) is 10.3 Å². The Bertz CT molecular complexity index is 702. The highest BCUT2D eigenvalue weighted by Crippen LogP contribution is 2.14. The zero-order chi connectivity index (χ0) is 13.2. The summed E-state index contributed by atoms with van der Waals surface area (Å²) in [6.07, 6.45) is 4.39.